The molecule has 0 spiro atoms. The van der Waals surface area contributed by atoms with E-state index in [1.807, 2.05) is 0 Å². The number of hydrogen-bond donors (Lipinski definition) is 2. The molecule has 0 aliphatic carbocycles. The van der Waals surface area contributed by atoms with Crippen LogP contribution >= 0.6 is 0 Å². The molecule has 2 rings (SSSR count). The maximum atomic E-state index is 5.59. The maximum Gasteiger partial charge on any atom is 0.293 e. The second-order valence-electron chi connectivity index (χ2n) is 2.96. The van der Waals surface area contributed by atoms with Crippen molar-refractivity contribution in [2.75, 3.05) is 13.1 Å². The van der Waals surface area contributed by atoms with Crippen LogP contribution in [0.1, 0.15) is 12.8 Å². The number of ether oxygens (including phenoxy) is 1. The summed E-state index contributed by atoms with van der Waals surface area (Å²) >= 11 is 0. The van der Waals surface area contributed by atoms with E-state index in [9.17, 15) is 0 Å². The fourth-order valence-electron chi connectivity index (χ4n) is 1.39. The van der Waals surface area contributed by atoms with Gasteiger partial charge in [0.05, 0.1) is 0 Å². The van der Waals surface area contributed by atoms with Crippen LogP contribution < -0.4 is 10.1 Å². The average Bonchev–Trinajstić information content (AvgIpc) is 2.59. The summed E-state index contributed by atoms with van der Waals surface area (Å²) in [7, 11) is 0. The number of aromatic nitrogens is 2. The molecule has 4 heteroatoms. The molecule has 66 valence electrons. The number of H-pyrrole nitrogens is 1. The Morgan fingerprint density at radius 1 is 1.42 bits per heavy atom. The SMILES string of the molecule is c1c[nH]c(OC2CCNCC2)n1. The molecule has 0 radical (unpaired) electrons. The number of rotatable bonds is 2. The van der Waals surface area contributed by atoms with Gasteiger partial charge in [0, 0.05) is 12.4 Å². The van der Waals surface area contributed by atoms with E-state index in [-0.39, 0.29) is 0 Å². The van der Waals surface area contributed by atoms with Gasteiger partial charge in [0.25, 0.3) is 6.01 Å². The molecule has 1 aromatic rings. The van der Waals surface area contributed by atoms with Gasteiger partial charge in [0.2, 0.25) is 0 Å². The fourth-order valence-corrected chi connectivity index (χ4v) is 1.39. The van der Waals surface area contributed by atoms with Gasteiger partial charge in [-0.05, 0) is 25.9 Å². The van der Waals surface area contributed by atoms with Crippen molar-refractivity contribution in [2.45, 2.75) is 18.9 Å². The zero-order valence-electron chi connectivity index (χ0n) is 6.92. The van der Waals surface area contributed by atoms with Gasteiger partial charge in [-0.15, -0.1) is 0 Å². The molecular formula is C8H13N3O. The van der Waals surface area contributed by atoms with Crippen molar-refractivity contribution in [3.8, 4) is 6.01 Å². The van der Waals surface area contributed by atoms with Gasteiger partial charge in [0.15, 0.2) is 0 Å². The Morgan fingerprint density at radius 3 is 2.92 bits per heavy atom. The monoisotopic (exact) mass is 167 g/mol. The van der Waals surface area contributed by atoms with E-state index in [0.717, 1.165) is 25.9 Å². The molecule has 0 atom stereocenters. The lowest BCUT2D eigenvalue weighted by atomic mass is 10.1. The van der Waals surface area contributed by atoms with Gasteiger partial charge < -0.3 is 15.0 Å². The lowest BCUT2D eigenvalue weighted by Crippen LogP contribution is -2.34. The highest BCUT2D eigenvalue weighted by Gasteiger charge is 2.14. The van der Waals surface area contributed by atoms with Crippen molar-refractivity contribution in [1.82, 2.24) is 15.3 Å². The molecule has 0 amide bonds. The van der Waals surface area contributed by atoms with E-state index >= 15 is 0 Å². The first-order valence-electron chi connectivity index (χ1n) is 4.32. The normalized spacial score (nSPS) is 19.3. The third-order valence-electron chi connectivity index (χ3n) is 2.04. The molecule has 1 fully saturated rings. The number of nitrogens with zero attached hydrogens (tertiary/aromatic N) is 1. The maximum absolute atomic E-state index is 5.59. The van der Waals surface area contributed by atoms with Gasteiger partial charge in [0.1, 0.15) is 6.10 Å². The smallest absolute Gasteiger partial charge is 0.293 e. The first-order chi connectivity index (χ1) is 5.95. The highest BCUT2D eigenvalue weighted by molar-refractivity contribution is 4.94. The van der Waals surface area contributed by atoms with Crippen LogP contribution in [0.5, 0.6) is 6.01 Å². The van der Waals surface area contributed by atoms with Crippen LogP contribution in [-0.2, 0) is 0 Å². The number of piperidine rings is 1. The Hall–Kier alpha value is -1.03. The van der Waals surface area contributed by atoms with E-state index in [1.54, 1.807) is 12.4 Å². The molecule has 1 aliphatic rings. The minimum absolute atomic E-state index is 0.331. The number of nitrogens with one attached hydrogen (secondary N) is 2. The molecule has 2 heterocycles. The summed E-state index contributed by atoms with van der Waals surface area (Å²) < 4.78 is 5.59. The molecule has 12 heavy (non-hydrogen) atoms. The lowest BCUT2D eigenvalue weighted by Gasteiger charge is -2.22. The number of imidazole rings is 1. The second kappa shape index (κ2) is 3.58. The largest absolute Gasteiger partial charge is 0.461 e. The fraction of sp³-hybridized carbons (Fsp3) is 0.625. The number of aromatic amines is 1. The first kappa shape index (κ1) is 7.61. The van der Waals surface area contributed by atoms with Crippen molar-refractivity contribution in [3.05, 3.63) is 12.4 Å². The quantitative estimate of drug-likeness (QED) is 0.676. The van der Waals surface area contributed by atoms with E-state index in [2.05, 4.69) is 15.3 Å². The molecule has 0 saturated carbocycles. The summed E-state index contributed by atoms with van der Waals surface area (Å²) in [5.74, 6) is 0. The van der Waals surface area contributed by atoms with Crippen molar-refractivity contribution >= 4 is 0 Å². The van der Waals surface area contributed by atoms with Crippen LogP contribution in [0.25, 0.3) is 0 Å². The Bertz CT molecular complexity index is 216. The highest BCUT2D eigenvalue weighted by Crippen LogP contribution is 2.10. The number of hydrogen-bond acceptors (Lipinski definition) is 3. The Morgan fingerprint density at radius 2 is 2.25 bits per heavy atom. The molecule has 4 nitrogen and oxygen atoms in total. The van der Waals surface area contributed by atoms with Crippen LogP contribution in [0.15, 0.2) is 12.4 Å². The highest BCUT2D eigenvalue weighted by atomic mass is 16.5. The molecule has 0 bridgehead atoms. The third-order valence-corrected chi connectivity index (χ3v) is 2.04. The average molecular weight is 167 g/mol. The Balaban J connectivity index is 1.86. The van der Waals surface area contributed by atoms with Crippen LogP contribution in [0, 0.1) is 0 Å². The zero-order chi connectivity index (χ0) is 8.23. The first-order valence-corrected chi connectivity index (χ1v) is 4.32. The summed E-state index contributed by atoms with van der Waals surface area (Å²) in [6.07, 6.45) is 5.95. The molecule has 2 N–H and O–H groups in total. The topological polar surface area (TPSA) is 49.9 Å². The molecular weight excluding hydrogens is 154 g/mol. The molecule has 1 aromatic heterocycles. The van der Waals surface area contributed by atoms with Crippen LogP contribution in [-0.4, -0.2) is 29.2 Å². The van der Waals surface area contributed by atoms with Crippen LogP contribution in [0.3, 0.4) is 0 Å². The third kappa shape index (κ3) is 1.76. The van der Waals surface area contributed by atoms with E-state index in [0.29, 0.717) is 12.1 Å². The summed E-state index contributed by atoms with van der Waals surface area (Å²) in [4.78, 5) is 6.94. The summed E-state index contributed by atoms with van der Waals surface area (Å²) in [5.41, 5.74) is 0. The van der Waals surface area contributed by atoms with Crippen molar-refractivity contribution in [2.24, 2.45) is 0 Å². The molecule has 1 saturated heterocycles. The Kier molecular flexibility index (Phi) is 2.27. The van der Waals surface area contributed by atoms with Crippen molar-refractivity contribution in [1.29, 1.82) is 0 Å². The summed E-state index contributed by atoms with van der Waals surface area (Å²) in [6, 6.07) is 0.641. The second-order valence-corrected chi connectivity index (χ2v) is 2.96. The van der Waals surface area contributed by atoms with Crippen molar-refractivity contribution in [3.63, 3.8) is 0 Å². The summed E-state index contributed by atoms with van der Waals surface area (Å²) in [5, 5.41) is 3.28. The zero-order valence-corrected chi connectivity index (χ0v) is 6.92. The van der Waals surface area contributed by atoms with Gasteiger partial charge in [-0.3, -0.25) is 0 Å². The van der Waals surface area contributed by atoms with E-state index in [4.69, 9.17) is 4.74 Å². The standard InChI is InChI=1S/C8H13N3O/c1-3-9-4-2-7(1)12-8-10-5-6-11-8/h5-7,9H,1-4H2,(H,10,11). The predicted molar refractivity (Wildman–Crippen MR) is 45.1 cm³/mol. The van der Waals surface area contributed by atoms with Crippen molar-refractivity contribution < 1.29 is 4.74 Å². The van der Waals surface area contributed by atoms with Crippen LogP contribution in [0.4, 0.5) is 0 Å². The molecule has 0 aromatic carbocycles. The minimum Gasteiger partial charge on any atom is -0.461 e. The van der Waals surface area contributed by atoms with Gasteiger partial charge in [-0.1, -0.05) is 0 Å². The molecule has 1 aliphatic heterocycles. The lowest BCUT2D eigenvalue weighted by molar-refractivity contribution is 0.150. The van der Waals surface area contributed by atoms with Gasteiger partial charge in [-0.2, -0.15) is 0 Å². The van der Waals surface area contributed by atoms with E-state index < -0.39 is 0 Å². The predicted octanol–water partition coefficient (Wildman–Crippen LogP) is 0.540. The minimum atomic E-state index is 0.331. The van der Waals surface area contributed by atoms with Crippen LogP contribution in [0.2, 0.25) is 0 Å². The van der Waals surface area contributed by atoms with Gasteiger partial charge >= 0.3 is 0 Å². The molecule has 0 unspecified atom stereocenters. The Labute approximate surface area is 71.3 Å². The van der Waals surface area contributed by atoms with Gasteiger partial charge in [-0.25, -0.2) is 4.98 Å². The van der Waals surface area contributed by atoms with E-state index in [1.165, 1.54) is 0 Å². The summed E-state index contributed by atoms with van der Waals surface area (Å²) in [6.45, 7) is 2.09.